The van der Waals surface area contributed by atoms with Gasteiger partial charge in [-0.05, 0) is 73.2 Å². The van der Waals surface area contributed by atoms with Gasteiger partial charge in [0, 0.05) is 11.3 Å². The average molecular weight is 529 g/mol. The van der Waals surface area contributed by atoms with Crippen molar-refractivity contribution in [2.24, 2.45) is 9.98 Å². The van der Waals surface area contributed by atoms with E-state index in [2.05, 4.69) is 10.2 Å². The largest absolute Gasteiger partial charge is 0.497 e. The first-order chi connectivity index (χ1) is 19.6. The number of amidine groups is 2. The number of rotatable bonds is 4. The van der Waals surface area contributed by atoms with Crippen LogP contribution in [0.15, 0.2) is 113 Å². The third-order valence-corrected chi connectivity index (χ3v) is 7.18. The number of aromatic nitrogens is 2. The van der Waals surface area contributed by atoms with Gasteiger partial charge >= 0.3 is 0 Å². The summed E-state index contributed by atoms with van der Waals surface area (Å²) in [6.07, 6.45) is 0. The maximum Gasteiger partial charge on any atom is 0.179 e. The third kappa shape index (κ3) is 3.92. The standard InChI is InChI=1S/C32H25FN6O/c1-20-28-29(21-12-14-22(33)15-13-21)38-27-11-7-6-10-26(27)35-30(34-23-16-18-25(40-2)19-17-23)32(38)36-31(28)39(37-20)24-8-4-3-5-9-24/h3-19,29H,1-2H3,(H,34,35)/t29-/m1/s1. The highest BCUT2D eigenvalue weighted by Crippen LogP contribution is 2.48. The number of para-hydroxylation sites is 3. The first-order valence-corrected chi connectivity index (χ1v) is 13.0. The van der Waals surface area contributed by atoms with Crippen molar-refractivity contribution in [2.45, 2.75) is 13.0 Å². The molecule has 2 aliphatic rings. The maximum atomic E-state index is 14.1. The van der Waals surface area contributed by atoms with E-state index in [-0.39, 0.29) is 11.9 Å². The monoisotopic (exact) mass is 528 g/mol. The molecule has 40 heavy (non-hydrogen) atoms. The highest BCUT2D eigenvalue weighted by atomic mass is 19.1. The summed E-state index contributed by atoms with van der Waals surface area (Å²) in [7, 11) is 1.64. The minimum absolute atomic E-state index is 0.284. The fourth-order valence-electron chi connectivity index (χ4n) is 5.32. The zero-order valence-electron chi connectivity index (χ0n) is 21.9. The fourth-order valence-corrected chi connectivity index (χ4v) is 5.32. The van der Waals surface area contributed by atoms with Crippen LogP contribution in [-0.4, -0.2) is 28.6 Å². The summed E-state index contributed by atoms with van der Waals surface area (Å²) in [5.41, 5.74) is 6.19. The molecule has 196 valence electrons. The normalized spacial score (nSPS) is 15.4. The Morgan fingerprint density at radius 3 is 2.30 bits per heavy atom. The van der Waals surface area contributed by atoms with Gasteiger partial charge in [-0.2, -0.15) is 5.10 Å². The number of hydrogen-bond acceptors (Lipinski definition) is 6. The summed E-state index contributed by atoms with van der Waals surface area (Å²) in [6, 6.07) is 31.9. The Hall–Kier alpha value is -5.24. The molecular weight excluding hydrogens is 503 g/mol. The number of fused-ring (bicyclic) bond motifs is 4. The summed E-state index contributed by atoms with van der Waals surface area (Å²) in [5, 5.41) is 8.42. The van der Waals surface area contributed by atoms with E-state index in [0.717, 1.165) is 45.3 Å². The molecule has 0 saturated heterocycles. The van der Waals surface area contributed by atoms with E-state index in [1.807, 2.05) is 103 Å². The maximum absolute atomic E-state index is 14.1. The van der Waals surface area contributed by atoms with Crippen LogP contribution in [0.25, 0.3) is 5.69 Å². The van der Waals surface area contributed by atoms with Crippen LogP contribution in [-0.2, 0) is 0 Å². The number of benzene rings is 4. The Morgan fingerprint density at radius 2 is 1.55 bits per heavy atom. The molecule has 5 aromatic rings. The molecule has 4 aromatic carbocycles. The van der Waals surface area contributed by atoms with E-state index < -0.39 is 0 Å². The van der Waals surface area contributed by atoms with Crippen LogP contribution in [0.5, 0.6) is 5.75 Å². The third-order valence-electron chi connectivity index (χ3n) is 7.18. The summed E-state index contributed by atoms with van der Waals surface area (Å²) < 4.78 is 21.3. The van der Waals surface area contributed by atoms with Crippen LogP contribution in [0, 0.1) is 12.7 Å². The predicted molar refractivity (Wildman–Crippen MR) is 156 cm³/mol. The summed E-state index contributed by atoms with van der Waals surface area (Å²) in [4.78, 5) is 12.4. The van der Waals surface area contributed by atoms with E-state index in [4.69, 9.17) is 19.8 Å². The molecule has 1 N–H and O–H groups in total. The van der Waals surface area contributed by atoms with Crippen LogP contribution < -0.4 is 15.0 Å². The second-order valence-electron chi connectivity index (χ2n) is 9.63. The minimum atomic E-state index is -0.315. The molecule has 0 bridgehead atoms. The molecule has 2 aliphatic heterocycles. The summed E-state index contributed by atoms with van der Waals surface area (Å²) in [5.74, 6) is 2.44. The molecule has 0 spiro atoms. The molecule has 7 rings (SSSR count). The number of methoxy groups -OCH3 is 1. The Bertz CT molecular complexity index is 1780. The van der Waals surface area contributed by atoms with Crippen molar-refractivity contribution in [3.8, 4) is 11.4 Å². The van der Waals surface area contributed by atoms with Gasteiger partial charge in [-0.15, -0.1) is 0 Å². The Kier molecular flexibility index (Phi) is 5.66. The molecule has 0 aliphatic carbocycles. The Balaban J connectivity index is 1.47. The number of ether oxygens (including phenoxy) is 1. The highest BCUT2D eigenvalue weighted by molar-refractivity contribution is 6.51. The van der Waals surface area contributed by atoms with Crippen LogP contribution in [0.2, 0.25) is 0 Å². The lowest BCUT2D eigenvalue weighted by molar-refractivity contribution is 0.415. The van der Waals surface area contributed by atoms with E-state index in [1.54, 1.807) is 7.11 Å². The summed E-state index contributed by atoms with van der Waals surface area (Å²) >= 11 is 0. The van der Waals surface area contributed by atoms with E-state index in [1.165, 1.54) is 12.1 Å². The molecular formula is C32H25FN6O. The lowest BCUT2D eigenvalue weighted by Crippen LogP contribution is -2.46. The lowest BCUT2D eigenvalue weighted by atomic mass is 9.93. The highest BCUT2D eigenvalue weighted by Gasteiger charge is 2.41. The SMILES string of the molecule is COc1ccc(NC2=Nc3ccccc3N3C2=Nc2c(c(C)nn2-c2ccccc2)[C@H]3c2ccc(F)cc2)cc1. The van der Waals surface area contributed by atoms with Gasteiger partial charge in [-0.1, -0.05) is 42.5 Å². The van der Waals surface area contributed by atoms with Gasteiger partial charge in [-0.3, -0.25) is 0 Å². The van der Waals surface area contributed by atoms with Crippen LogP contribution in [0.1, 0.15) is 22.9 Å². The molecule has 3 heterocycles. The number of halogens is 1. The van der Waals surface area contributed by atoms with Crippen LogP contribution in [0.3, 0.4) is 0 Å². The van der Waals surface area contributed by atoms with Crippen molar-refractivity contribution in [3.63, 3.8) is 0 Å². The van der Waals surface area contributed by atoms with Gasteiger partial charge in [-0.25, -0.2) is 19.1 Å². The van der Waals surface area contributed by atoms with Crippen LogP contribution >= 0.6 is 0 Å². The van der Waals surface area contributed by atoms with Gasteiger partial charge in [0.25, 0.3) is 0 Å². The molecule has 8 heteroatoms. The van der Waals surface area contributed by atoms with E-state index in [9.17, 15) is 4.39 Å². The van der Waals surface area contributed by atoms with Gasteiger partial charge < -0.3 is 15.0 Å². The minimum Gasteiger partial charge on any atom is -0.497 e. The lowest BCUT2D eigenvalue weighted by Gasteiger charge is -2.40. The van der Waals surface area contributed by atoms with Gasteiger partial charge in [0.15, 0.2) is 17.5 Å². The molecule has 0 amide bonds. The quantitative estimate of drug-likeness (QED) is 0.270. The molecule has 1 atom stereocenters. The number of anilines is 2. The van der Waals surface area contributed by atoms with Gasteiger partial charge in [0.05, 0.1) is 35.9 Å². The smallest absolute Gasteiger partial charge is 0.179 e. The molecule has 0 fully saturated rings. The molecule has 7 nitrogen and oxygen atoms in total. The first kappa shape index (κ1) is 23.8. The second-order valence-corrected chi connectivity index (χ2v) is 9.63. The average Bonchev–Trinajstić information content (AvgIpc) is 3.33. The number of hydrogen-bond donors (Lipinski definition) is 1. The fraction of sp³-hybridized carbons (Fsp3) is 0.0938. The zero-order valence-corrected chi connectivity index (χ0v) is 21.9. The predicted octanol–water partition coefficient (Wildman–Crippen LogP) is 7.12. The number of aliphatic imine (C=N–C) groups is 2. The molecule has 0 radical (unpaired) electrons. The number of aryl methyl sites for hydroxylation is 1. The van der Waals surface area contributed by atoms with Crippen molar-refractivity contribution >= 4 is 34.6 Å². The van der Waals surface area contributed by atoms with Crippen molar-refractivity contribution in [1.29, 1.82) is 0 Å². The van der Waals surface area contributed by atoms with E-state index >= 15 is 0 Å². The number of nitrogens with zero attached hydrogens (tertiary/aromatic N) is 5. The molecule has 1 aromatic heterocycles. The van der Waals surface area contributed by atoms with Gasteiger partial charge in [0.2, 0.25) is 0 Å². The second kappa shape index (κ2) is 9.50. The number of nitrogens with one attached hydrogen (secondary N) is 1. The van der Waals surface area contributed by atoms with Crippen molar-refractivity contribution in [2.75, 3.05) is 17.3 Å². The molecule has 0 unspecified atom stereocenters. The van der Waals surface area contributed by atoms with Crippen molar-refractivity contribution in [1.82, 2.24) is 9.78 Å². The van der Waals surface area contributed by atoms with E-state index in [0.29, 0.717) is 17.5 Å². The zero-order chi connectivity index (χ0) is 27.2. The topological polar surface area (TPSA) is 67.0 Å². The molecule has 0 saturated carbocycles. The summed E-state index contributed by atoms with van der Waals surface area (Å²) in [6.45, 7) is 2.00. The first-order valence-electron chi connectivity index (χ1n) is 13.0. The Morgan fingerprint density at radius 1 is 0.825 bits per heavy atom. The van der Waals surface area contributed by atoms with Crippen LogP contribution in [0.4, 0.5) is 27.3 Å². The van der Waals surface area contributed by atoms with Crippen molar-refractivity contribution < 1.29 is 9.13 Å². The van der Waals surface area contributed by atoms with Crippen molar-refractivity contribution in [3.05, 3.63) is 126 Å². The Labute approximate surface area is 230 Å². The van der Waals surface area contributed by atoms with Gasteiger partial charge in [0.1, 0.15) is 11.6 Å².